The second-order valence-electron chi connectivity index (χ2n) is 6.15. The van der Waals surface area contributed by atoms with Gasteiger partial charge in [0.2, 0.25) is 0 Å². The van der Waals surface area contributed by atoms with Crippen molar-refractivity contribution < 1.29 is 9.53 Å². The van der Waals surface area contributed by atoms with Gasteiger partial charge in [-0.05, 0) is 30.8 Å². The average molecular weight is 375 g/mol. The van der Waals surface area contributed by atoms with E-state index >= 15 is 0 Å². The summed E-state index contributed by atoms with van der Waals surface area (Å²) in [6.07, 6.45) is 3.37. The van der Waals surface area contributed by atoms with Crippen molar-refractivity contribution in [3.63, 3.8) is 0 Å². The van der Waals surface area contributed by atoms with Crippen molar-refractivity contribution in [3.05, 3.63) is 47.2 Å². The number of aromatic nitrogens is 1. The Balaban J connectivity index is 1.74. The van der Waals surface area contributed by atoms with Crippen LogP contribution >= 0.6 is 11.6 Å². The number of ether oxygens (including phenoxy) is 1. The third-order valence-corrected chi connectivity index (χ3v) is 4.82. The van der Waals surface area contributed by atoms with Crippen LogP contribution in [0.4, 0.5) is 11.4 Å². The number of halogens is 1. The number of nitrogens with zero attached hydrogens (tertiary/aromatic N) is 3. The zero-order chi connectivity index (χ0) is 18.5. The number of carbonyl (C=O) groups is 1. The zero-order valence-electron chi connectivity index (χ0n) is 15.0. The van der Waals surface area contributed by atoms with Crippen LogP contribution in [0.2, 0.25) is 5.02 Å². The molecule has 1 amide bonds. The molecular weight excluding hydrogens is 352 g/mol. The molecule has 1 aliphatic rings. The number of hydrogen-bond donors (Lipinski definition) is 1. The first-order chi connectivity index (χ1) is 12.6. The highest BCUT2D eigenvalue weighted by Gasteiger charge is 2.18. The SMILES string of the molecule is CCN1CCN(c2cncc(C(=O)Nc3cc(Cl)ccc3OC)c2)CC1. The number of nitrogens with one attached hydrogen (secondary N) is 1. The van der Waals surface area contributed by atoms with E-state index in [2.05, 4.69) is 27.0 Å². The van der Waals surface area contributed by atoms with Crippen molar-refractivity contribution in [1.29, 1.82) is 0 Å². The lowest BCUT2D eigenvalue weighted by Crippen LogP contribution is -2.46. The van der Waals surface area contributed by atoms with Crippen molar-refractivity contribution >= 4 is 28.9 Å². The van der Waals surface area contributed by atoms with Crippen LogP contribution in [0.25, 0.3) is 0 Å². The summed E-state index contributed by atoms with van der Waals surface area (Å²) in [6.45, 7) is 7.15. The van der Waals surface area contributed by atoms with Gasteiger partial charge in [-0.2, -0.15) is 0 Å². The third kappa shape index (κ3) is 4.26. The lowest BCUT2D eigenvalue weighted by Gasteiger charge is -2.35. The molecule has 138 valence electrons. The van der Waals surface area contributed by atoms with Crippen LogP contribution in [0.3, 0.4) is 0 Å². The van der Waals surface area contributed by atoms with Gasteiger partial charge in [0.25, 0.3) is 5.91 Å². The van der Waals surface area contributed by atoms with E-state index in [0.29, 0.717) is 22.0 Å². The first-order valence-corrected chi connectivity index (χ1v) is 9.05. The van der Waals surface area contributed by atoms with Crippen LogP contribution in [-0.2, 0) is 0 Å². The molecular formula is C19H23ClN4O2. The number of benzene rings is 1. The second-order valence-corrected chi connectivity index (χ2v) is 6.59. The van der Waals surface area contributed by atoms with Gasteiger partial charge in [-0.3, -0.25) is 9.78 Å². The summed E-state index contributed by atoms with van der Waals surface area (Å²) in [5.74, 6) is 0.315. The molecule has 1 N–H and O–H groups in total. The van der Waals surface area contributed by atoms with Gasteiger partial charge in [0.1, 0.15) is 5.75 Å². The Bertz CT molecular complexity index is 776. The van der Waals surface area contributed by atoms with Gasteiger partial charge in [0.15, 0.2) is 0 Å². The Kier molecular flexibility index (Phi) is 5.96. The molecule has 2 heterocycles. The molecule has 7 heteroatoms. The minimum atomic E-state index is -0.243. The highest BCUT2D eigenvalue weighted by molar-refractivity contribution is 6.31. The minimum Gasteiger partial charge on any atom is -0.495 e. The van der Waals surface area contributed by atoms with Crippen molar-refractivity contribution in [1.82, 2.24) is 9.88 Å². The molecule has 1 saturated heterocycles. The van der Waals surface area contributed by atoms with E-state index in [9.17, 15) is 4.79 Å². The van der Waals surface area contributed by atoms with Crippen molar-refractivity contribution in [2.75, 3.05) is 50.1 Å². The number of likely N-dealkylation sites (N-methyl/N-ethyl adjacent to an activating group) is 1. The fraction of sp³-hybridized carbons (Fsp3) is 0.368. The first-order valence-electron chi connectivity index (χ1n) is 8.68. The van der Waals surface area contributed by atoms with E-state index in [0.717, 1.165) is 38.4 Å². The quantitative estimate of drug-likeness (QED) is 0.871. The van der Waals surface area contributed by atoms with Crippen LogP contribution in [0.5, 0.6) is 5.75 Å². The van der Waals surface area contributed by atoms with Gasteiger partial charge >= 0.3 is 0 Å². The Morgan fingerprint density at radius 1 is 1.23 bits per heavy atom. The fourth-order valence-electron chi connectivity index (χ4n) is 3.02. The normalized spacial score (nSPS) is 15.0. The predicted octanol–water partition coefficient (Wildman–Crippen LogP) is 3.14. The summed E-state index contributed by atoms with van der Waals surface area (Å²) in [5, 5.41) is 3.38. The molecule has 1 fully saturated rings. The monoisotopic (exact) mass is 374 g/mol. The van der Waals surface area contributed by atoms with E-state index in [1.807, 2.05) is 6.07 Å². The van der Waals surface area contributed by atoms with E-state index < -0.39 is 0 Å². The smallest absolute Gasteiger partial charge is 0.257 e. The van der Waals surface area contributed by atoms with Crippen molar-refractivity contribution in [3.8, 4) is 5.75 Å². The van der Waals surface area contributed by atoms with Crippen LogP contribution < -0.4 is 15.0 Å². The number of carbonyl (C=O) groups excluding carboxylic acids is 1. The summed E-state index contributed by atoms with van der Waals surface area (Å²) in [4.78, 5) is 21.6. The van der Waals surface area contributed by atoms with Crippen molar-refractivity contribution in [2.24, 2.45) is 0 Å². The molecule has 2 aromatic rings. The maximum Gasteiger partial charge on any atom is 0.257 e. The van der Waals surface area contributed by atoms with Crippen LogP contribution in [0.1, 0.15) is 17.3 Å². The summed E-state index contributed by atoms with van der Waals surface area (Å²) in [7, 11) is 1.55. The molecule has 0 bridgehead atoms. The largest absolute Gasteiger partial charge is 0.495 e. The Morgan fingerprint density at radius 3 is 2.69 bits per heavy atom. The van der Waals surface area contributed by atoms with Gasteiger partial charge < -0.3 is 19.9 Å². The Hall–Kier alpha value is -2.31. The van der Waals surface area contributed by atoms with Gasteiger partial charge in [0.05, 0.1) is 30.2 Å². The average Bonchev–Trinajstić information content (AvgIpc) is 2.68. The molecule has 1 aliphatic heterocycles. The topological polar surface area (TPSA) is 57.7 Å². The van der Waals surface area contributed by atoms with E-state index in [4.69, 9.17) is 16.3 Å². The molecule has 3 rings (SSSR count). The van der Waals surface area contributed by atoms with Crippen LogP contribution in [0, 0.1) is 0 Å². The molecule has 0 aliphatic carbocycles. The standard InChI is InChI=1S/C19H23ClN4O2/c1-3-23-6-8-24(9-7-23)16-10-14(12-21-13-16)19(25)22-17-11-15(20)4-5-18(17)26-2/h4-5,10-13H,3,6-9H2,1-2H3,(H,22,25). The van der Waals surface area contributed by atoms with E-state index in [1.54, 1.807) is 37.7 Å². The summed E-state index contributed by atoms with van der Waals surface area (Å²) < 4.78 is 5.27. The van der Waals surface area contributed by atoms with Gasteiger partial charge in [0, 0.05) is 37.4 Å². The Labute approximate surface area is 158 Å². The molecule has 26 heavy (non-hydrogen) atoms. The highest BCUT2D eigenvalue weighted by Crippen LogP contribution is 2.28. The van der Waals surface area contributed by atoms with Gasteiger partial charge in [-0.25, -0.2) is 0 Å². The number of amides is 1. The Morgan fingerprint density at radius 2 is 2.00 bits per heavy atom. The summed E-state index contributed by atoms with van der Waals surface area (Å²) >= 11 is 6.02. The van der Waals surface area contributed by atoms with Crippen LogP contribution in [0.15, 0.2) is 36.7 Å². The summed E-state index contributed by atoms with van der Waals surface area (Å²) in [6, 6.07) is 6.98. The molecule has 0 unspecified atom stereocenters. The highest BCUT2D eigenvalue weighted by atomic mass is 35.5. The molecule has 1 aromatic heterocycles. The number of pyridine rings is 1. The maximum absolute atomic E-state index is 12.7. The molecule has 1 aromatic carbocycles. The lowest BCUT2D eigenvalue weighted by atomic mass is 10.2. The van der Waals surface area contributed by atoms with Crippen molar-refractivity contribution in [2.45, 2.75) is 6.92 Å². The van der Waals surface area contributed by atoms with Gasteiger partial charge in [-0.15, -0.1) is 0 Å². The lowest BCUT2D eigenvalue weighted by molar-refractivity contribution is 0.102. The number of methoxy groups -OCH3 is 1. The number of hydrogen-bond acceptors (Lipinski definition) is 5. The number of piperazine rings is 1. The molecule has 0 radical (unpaired) electrons. The molecule has 0 spiro atoms. The fourth-order valence-corrected chi connectivity index (χ4v) is 3.19. The zero-order valence-corrected chi connectivity index (χ0v) is 15.8. The van der Waals surface area contributed by atoms with Gasteiger partial charge in [-0.1, -0.05) is 18.5 Å². The first kappa shape index (κ1) is 18.5. The van der Waals surface area contributed by atoms with E-state index in [-0.39, 0.29) is 5.91 Å². The number of anilines is 2. The predicted molar refractivity (Wildman–Crippen MR) is 105 cm³/mol. The third-order valence-electron chi connectivity index (χ3n) is 4.58. The molecule has 0 atom stereocenters. The van der Waals surface area contributed by atoms with E-state index in [1.165, 1.54) is 0 Å². The molecule has 6 nitrogen and oxygen atoms in total. The number of rotatable bonds is 5. The molecule has 0 saturated carbocycles. The minimum absolute atomic E-state index is 0.243. The summed E-state index contributed by atoms with van der Waals surface area (Å²) in [5.41, 5.74) is 2.00. The maximum atomic E-state index is 12.7. The van der Waals surface area contributed by atoms with Crippen LogP contribution in [-0.4, -0.2) is 55.6 Å². The second kappa shape index (κ2) is 8.38.